The summed E-state index contributed by atoms with van der Waals surface area (Å²) in [5.41, 5.74) is 7.16. The lowest BCUT2D eigenvalue weighted by Gasteiger charge is -2.17. The molecule has 6 heteroatoms. The Kier molecular flexibility index (Phi) is 6.16. The van der Waals surface area contributed by atoms with Gasteiger partial charge in [-0.05, 0) is 25.1 Å². The van der Waals surface area contributed by atoms with Gasteiger partial charge in [-0.15, -0.1) is 0 Å². The molecule has 20 heavy (non-hydrogen) atoms. The summed E-state index contributed by atoms with van der Waals surface area (Å²) >= 11 is 0. The van der Waals surface area contributed by atoms with E-state index in [9.17, 15) is 8.42 Å². The molecule has 0 spiro atoms. The average molecular weight is 297 g/mol. The van der Waals surface area contributed by atoms with Gasteiger partial charge in [0.15, 0.2) is 9.84 Å². The van der Waals surface area contributed by atoms with Crippen molar-refractivity contribution < 1.29 is 8.42 Å². The number of nitrogens with two attached hydrogens (primary N) is 1. The highest BCUT2D eigenvalue weighted by Gasteiger charge is 2.11. The minimum Gasteiger partial charge on any atom is -0.384 e. The van der Waals surface area contributed by atoms with E-state index in [0.717, 1.165) is 5.56 Å². The van der Waals surface area contributed by atoms with Gasteiger partial charge < -0.3 is 10.6 Å². The zero-order chi connectivity index (χ0) is 15.2. The van der Waals surface area contributed by atoms with Crippen molar-refractivity contribution in [2.75, 3.05) is 25.1 Å². The topological polar surface area (TPSA) is 87.2 Å². The number of nitrogens with zero attached hydrogens (tertiary/aromatic N) is 1. The van der Waals surface area contributed by atoms with Gasteiger partial charge in [-0.25, -0.2) is 8.42 Å². The highest BCUT2D eigenvalue weighted by Crippen LogP contribution is 2.07. The molecule has 0 amide bonds. The summed E-state index contributed by atoms with van der Waals surface area (Å²) < 4.78 is 23.3. The number of amidine groups is 1. The highest BCUT2D eigenvalue weighted by molar-refractivity contribution is 7.91. The number of nitrogen functional groups attached to an aromatic ring is 1. The minimum atomic E-state index is -2.94. The van der Waals surface area contributed by atoms with Crippen molar-refractivity contribution in [3.63, 3.8) is 0 Å². The molecule has 3 N–H and O–H groups in total. The molecule has 1 aromatic carbocycles. The van der Waals surface area contributed by atoms with E-state index in [0.29, 0.717) is 25.1 Å². The van der Waals surface area contributed by atoms with Crippen LogP contribution in [-0.4, -0.2) is 44.3 Å². The fraction of sp³-hybridized carbons (Fsp3) is 0.500. The first-order valence-corrected chi connectivity index (χ1v) is 8.48. The van der Waals surface area contributed by atoms with Crippen molar-refractivity contribution in [1.29, 1.82) is 5.41 Å². The van der Waals surface area contributed by atoms with Crippen molar-refractivity contribution in [2.24, 2.45) is 5.73 Å². The molecule has 0 unspecified atom stereocenters. The number of hydrogen-bond acceptors (Lipinski definition) is 4. The van der Waals surface area contributed by atoms with Gasteiger partial charge in [0.2, 0.25) is 0 Å². The summed E-state index contributed by atoms with van der Waals surface area (Å²) in [5, 5.41) is 7.41. The largest absolute Gasteiger partial charge is 0.384 e. The smallest absolute Gasteiger partial charge is 0.151 e. The number of hydrogen-bond donors (Lipinski definition) is 2. The van der Waals surface area contributed by atoms with Crippen LogP contribution in [-0.2, 0) is 16.4 Å². The van der Waals surface area contributed by atoms with Crippen LogP contribution in [0.5, 0.6) is 0 Å². The maximum Gasteiger partial charge on any atom is 0.151 e. The first-order valence-electron chi connectivity index (χ1n) is 6.66. The molecule has 0 heterocycles. The van der Waals surface area contributed by atoms with E-state index in [1.807, 2.05) is 37.1 Å². The summed E-state index contributed by atoms with van der Waals surface area (Å²) in [6, 6.07) is 7.45. The van der Waals surface area contributed by atoms with Crippen LogP contribution in [0.3, 0.4) is 0 Å². The monoisotopic (exact) mass is 297 g/mol. The van der Waals surface area contributed by atoms with E-state index in [1.54, 1.807) is 6.07 Å². The molecule has 0 saturated carbocycles. The predicted octanol–water partition coefficient (Wildman–Crippen LogP) is 1.23. The molecule has 0 fully saturated rings. The molecule has 1 aromatic rings. The molecule has 0 atom stereocenters. The fourth-order valence-electron chi connectivity index (χ4n) is 1.94. The van der Waals surface area contributed by atoms with Crippen molar-refractivity contribution in [3.05, 3.63) is 35.4 Å². The van der Waals surface area contributed by atoms with Crippen LogP contribution >= 0.6 is 0 Å². The van der Waals surface area contributed by atoms with Gasteiger partial charge in [0, 0.05) is 24.4 Å². The average Bonchev–Trinajstić information content (AvgIpc) is 2.37. The van der Waals surface area contributed by atoms with Gasteiger partial charge >= 0.3 is 0 Å². The summed E-state index contributed by atoms with van der Waals surface area (Å²) in [5.74, 6) is 0.477. The Morgan fingerprint density at radius 2 is 2.05 bits per heavy atom. The molecule has 0 aromatic heterocycles. The number of rotatable bonds is 8. The summed E-state index contributed by atoms with van der Waals surface area (Å²) in [6.45, 7) is 3.02. The van der Waals surface area contributed by atoms with Gasteiger partial charge in [-0.2, -0.15) is 0 Å². The lowest BCUT2D eigenvalue weighted by Crippen LogP contribution is -2.26. The third-order valence-electron chi connectivity index (χ3n) is 2.99. The van der Waals surface area contributed by atoms with E-state index in [2.05, 4.69) is 0 Å². The zero-order valence-electron chi connectivity index (χ0n) is 12.1. The Morgan fingerprint density at radius 3 is 2.65 bits per heavy atom. The van der Waals surface area contributed by atoms with Gasteiger partial charge in [-0.1, -0.05) is 25.1 Å². The molecule has 0 bridgehead atoms. The molecular formula is C14H23N3O2S. The second kappa shape index (κ2) is 7.40. The Morgan fingerprint density at radius 1 is 1.35 bits per heavy atom. The maximum atomic E-state index is 11.7. The van der Waals surface area contributed by atoms with E-state index >= 15 is 0 Å². The van der Waals surface area contributed by atoms with Crippen LogP contribution in [0.1, 0.15) is 24.5 Å². The Bertz CT molecular complexity index is 555. The van der Waals surface area contributed by atoms with Gasteiger partial charge in [-0.3, -0.25) is 5.41 Å². The van der Waals surface area contributed by atoms with E-state index < -0.39 is 9.84 Å². The van der Waals surface area contributed by atoms with E-state index in [4.69, 9.17) is 11.1 Å². The molecule has 1 rings (SSSR count). The Labute approximate surface area is 121 Å². The molecule has 0 aliphatic heterocycles. The van der Waals surface area contributed by atoms with Crippen LogP contribution in [0.15, 0.2) is 24.3 Å². The summed E-state index contributed by atoms with van der Waals surface area (Å²) in [4.78, 5) is 1.96. The second-order valence-electron chi connectivity index (χ2n) is 5.00. The third-order valence-corrected chi connectivity index (χ3v) is 4.82. The predicted molar refractivity (Wildman–Crippen MR) is 82.7 cm³/mol. The summed E-state index contributed by atoms with van der Waals surface area (Å²) in [7, 11) is -1.05. The minimum absolute atomic E-state index is 0.0417. The number of sulfone groups is 1. The molecular weight excluding hydrogens is 274 g/mol. The van der Waals surface area contributed by atoms with E-state index in [1.165, 1.54) is 0 Å². The van der Waals surface area contributed by atoms with E-state index in [-0.39, 0.29) is 17.3 Å². The third kappa shape index (κ3) is 5.71. The van der Waals surface area contributed by atoms with Crippen molar-refractivity contribution in [3.8, 4) is 0 Å². The molecule has 0 aliphatic carbocycles. The molecule has 0 saturated heterocycles. The highest BCUT2D eigenvalue weighted by atomic mass is 32.2. The number of nitrogens with one attached hydrogen (secondary N) is 1. The van der Waals surface area contributed by atoms with Gasteiger partial charge in [0.05, 0.1) is 5.75 Å². The van der Waals surface area contributed by atoms with Gasteiger partial charge in [0.1, 0.15) is 5.84 Å². The quantitative estimate of drug-likeness (QED) is 0.558. The maximum absolute atomic E-state index is 11.7. The summed E-state index contributed by atoms with van der Waals surface area (Å²) in [6.07, 6.45) is 0.659. The standard InChI is InChI=1S/C14H23N3O2S/c1-3-8-20(18,19)9-7-17(2)11-12-5-4-6-13(10-12)14(15)16/h4-6,10H,3,7-9,11H2,1-2H3,(H3,15,16). The van der Waals surface area contributed by atoms with Crippen LogP contribution in [0, 0.1) is 5.41 Å². The first-order chi connectivity index (χ1) is 9.34. The van der Waals surface area contributed by atoms with Crippen molar-refractivity contribution in [1.82, 2.24) is 4.90 Å². The first kappa shape index (κ1) is 16.7. The fourth-order valence-corrected chi connectivity index (χ4v) is 3.35. The second-order valence-corrected chi connectivity index (χ2v) is 7.31. The Hall–Kier alpha value is -1.40. The molecule has 0 radical (unpaired) electrons. The molecule has 112 valence electrons. The van der Waals surface area contributed by atoms with Crippen LogP contribution < -0.4 is 5.73 Å². The van der Waals surface area contributed by atoms with Crippen LogP contribution in [0.4, 0.5) is 0 Å². The Balaban J connectivity index is 2.56. The zero-order valence-corrected chi connectivity index (χ0v) is 12.9. The van der Waals surface area contributed by atoms with Gasteiger partial charge in [0.25, 0.3) is 0 Å². The number of benzene rings is 1. The molecule has 0 aliphatic rings. The van der Waals surface area contributed by atoms with Crippen LogP contribution in [0.25, 0.3) is 0 Å². The SMILES string of the molecule is CCCS(=O)(=O)CCN(C)Cc1cccc(C(=N)N)c1. The molecule has 5 nitrogen and oxygen atoms in total. The lowest BCUT2D eigenvalue weighted by molar-refractivity contribution is 0.346. The normalized spacial score (nSPS) is 11.8. The van der Waals surface area contributed by atoms with Crippen LogP contribution in [0.2, 0.25) is 0 Å². The lowest BCUT2D eigenvalue weighted by atomic mass is 10.1. The van der Waals surface area contributed by atoms with Crippen molar-refractivity contribution >= 4 is 15.7 Å². The van der Waals surface area contributed by atoms with Crippen molar-refractivity contribution in [2.45, 2.75) is 19.9 Å².